The van der Waals surface area contributed by atoms with Crippen LogP contribution in [0, 0.1) is 5.92 Å². The molecule has 1 amide bonds. The number of fused-ring (bicyclic) bond motifs is 2. The number of benzene rings is 1. The van der Waals surface area contributed by atoms with E-state index in [1.807, 2.05) is 18.2 Å². The summed E-state index contributed by atoms with van der Waals surface area (Å²) < 4.78 is 0. The van der Waals surface area contributed by atoms with Crippen molar-refractivity contribution in [1.82, 2.24) is 5.32 Å². The van der Waals surface area contributed by atoms with Crippen molar-refractivity contribution >= 4 is 11.8 Å². The first-order valence-electron chi connectivity index (χ1n) is 8.13. The van der Waals surface area contributed by atoms with Gasteiger partial charge in [0.15, 0.2) is 0 Å². The van der Waals surface area contributed by atoms with E-state index in [0.717, 1.165) is 24.9 Å². The summed E-state index contributed by atoms with van der Waals surface area (Å²) in [7, 11) is 0. The van der Waals surface area contributed by atoms with Crippen LogP contribution in [0.2, 0.25) is 0 Å². The van der Waals surface area contributed by atoms with Crippen molar-refractivity contribution in [3.05, 3.63) is 29.8 Å². The maximum Gasteiger partial charge on any atom is 0.412 e. The molecule has 0 unspecified atom stereocenters. The van der Waals surface area contributed by atoms with Crippen molar-refractivity contribution in [3.63, 3.8) is 0 Å². The first-order valence-corrected chi connectivity index (χ1v) is 8.13. The average molecular weight is 286 g/mol. The largest absolute Gasteiger partial charge is 0.465 e. The summed E-state index contributed by atoms with van der Waals surface area (Å²) in [6, 6.07) is 9.16. The zero-order valence-corrected chi connectivity index (χ0v) is 12.2. The van der Waals surface area contributed by atoms with Gasteiger partial charge in [0.1, 0.15) is 0 Å². The third kappa shape index (κ3) is 2.04. The Bertz CT molecular complexity index is 555. The number of carboxylic acid groups (broad SMARTS) is 1. The molecular weight excluding hydrogens is 264 g/mol. The highest BCUT2D eigenvalue weighted by Gasteiger charge is 2.46. The molecule has 4 heteroatoms. The molecule has 1 aromatic carbocycles. The molecule has 0 aromatic heterocycles. The standard InChI is InChI=1S/C17H22N2O2/c20-17(21)19-14-9-2-1-7-12(14)16(18-11-5-3-6-11)13-8-4-10-15(13)19/h1-2,7,9,11,13,15-16,18H,3-6,8,10H2,(H,20,21)/t13-,15+,16-/m0/s1. The van der Waals surface area contributed by atoms with Gasteiger partial charge in [-0.2, -0.15) is 0 Å². The van der Waals surface area contributed by atoms with Gasteiger partial charge >= 0.3 is 6.09 Å². The van der Waals surface area contributed by atoms with Crippen molar-refractivity contribution in [2.45, 2.75) is 56.7 Å². The van der Waals surface area contributed by atoms with Crippen molar-refractivity contribution in [2.75, 3.05) is 4.90 Å². The topological polar surface area (TPSA) is 52.6 Å². The number of nitrogens with one attached hydrogen (secondary N) is 1. The van der Waals surface area contributed by atoms with E-state index < -0.39 is 6.09 Å². The highest BCUT2D eigenvalue weighted by atomic mass is 16.4. The first kappa shape index (κ1) is 13.1. The molecule has 2 saturated carbocycles. The number of nitrogens with zero attached hydrogens (tertiary/aromatic N) is 1. The minimum Gasteiger partial charge on any atom is -0.465 e. The maximum atomic E-state index is 11.8. The second-order valence-corrected chi connectivity index (χ2v) is 6.65. The minimum absolute atomic E-state index is 0.148. The molecule has 2 N–H and O–H groups in total. The quantitative estimate of drug-likeness (QED) is 0.874. The highest BCUT2D eigenvalue weighted by Crippen LogP contribution is 2.48. The van der Waals surface area contributed by atoms with Crippen LogP contribution in [0.3, 0.4) is 0 Å². The molecular formula is C17H22N2O2. The lowest BCUT2D eigenvalue weighted by atomic mass is 9.81. The predicted octanol–water partition coefficient (Wildman–Crippen LogP) is 3.54. The van der Waals surface area contributed by atoms with Crippen molar-refractivity contribution < 1.29 is 9.90 Å². The third-order valence-corrected chi connectivity index (χ3v) is 5.55. The number of rotatable bonds is 2. The maximum absolute atomic E-state index is 11.8. The molecule has 21 heavy (non-hydrogen) atoms. The van der Waals surface area contributed by atoms with E-state index in [-0.39, 0.29) is 6.04 Å². The molecule has 0 radical (unpaired) electrons. The smallest absolute Gasteiger partial charge is 0.412 e. The van der Waals surface area contributed by atoms with Gasteiger partial charge in [-0.15, -0.1) is 0 Å². The lowest BCUT2D eigenvalue weighted by molar-refractivity contribution is 0.187. The predicted molar refractivity (Wildman–Crippen MR) is 81.6 cm³/mol. The van der Waals surface area contributed by atoms with Crippen LogP contribution in [0.4, 0.5) is 10.5 Å². The number of hydrogen-bond donors (Lipinski definition) is 2. The van der Waals surface area contributed by atoms with Gasteiger partial charge in [0.25, 0.3) is 0 Å². The lowest BCUT2D eigenvalue weighted by Gasteiger charge is -2.45. The Labute approximate surface area is 125 Å². The molecule has 112 valence electrons. The summed E-state index contributed by atoms with van der Waals surface area (Å²) in [4.78, 5) is 13.4. The Kier molecular flexibility index (Phi) is 3.14. The van der Waals surface area contributed by atoms with E-state index in [2.05, 4.69) is 11.4 Å². The first-order chi connectivity index (χ1) is 10.3. The van der Waals surface area contributed by atoms with Gasteiger partial charge in [-0.3, -0.25) is 4.90 Å². The van der Waals surface area contributed by atoms with Crippen molar-refractivity contribution in [3.8, 4) is 0 Å². The third-order valence-electron chi connectivity index (χ3n) is 5.55. The highest BCUT2D eigenvalue weighted by molar-refractivity contribution is 5.89. The van der Waals surface area contributed by atoms with Crippen LogP contribution in [0.15, 0.2) is 24.3 Å². The van der Waals surface area contributed by atoms with Gasteiger partial charge in [0.2, 0.25) is 0 Å². The van der Waals surface area contributed by atoms with E-state index in [1.165, 1.54) is 24.8 Å². The second-order valence-electron chi connectivity index (χ2n) is 6.65. The molecule has 2 aliphatic carbocycles. The van der Waals surface area contributed by atoms with Crippen molar-refractivity contribution in [1.29, 1.82) is 0 Å². The number of anilines is 1. The Balaban J connectivity index is 1.75. The molecule has 1 aliphatic heterocycles. The lowest BCUT2D eigenvalue weighted by Crippen LogP contribution is -2.52. The monoisotopic (exact) mass is 286 g/mol. The molecule has 4 rings (SSSR count). The van der Waals surface area contributed by atoms with Crippen LogP contribution in [0.1, 0.15) is 50.1 Å². The summed E-state index contributed by atoms with van der Waals surface area (Å²) in [6.07, 6.45) is 6.30. The molecule has 3 atom stereocenters. The van der Waals surface area contributed by atoms with Crippen LogP contribution >= 0.6 is 0 Å². The van der Waals surface area contributed by atoms with Gasteiger partial charge in [-0.1, -0.05) is 31.0 Å². The fourth-order valence-corrected chi connectivity index (χ4v) is 4.34. The number of carbonyl (C=O) groups is 1. The van der Waals surface area contributed by atoms with E-state index in [9.17, 15) is 9.90 Å². The van der Waals surface area contributed by atoms with Crippen LogP contribution < -0.4 is 10.2 Å². The fourth-order valence-electron chi connectivity index (χ4n) is 4.34. The Morgan fingerprint density at radius 2 is 1.90 bits per heavy atom. The number of amides is 1. The van der Waals surface area contributed by atoms with Crippen molar-refractivity contribution in [2.24, 2.45) is 5.92 Å². The van der Waals surface area contributed by atoms with Gasteiger partial charge in [0, 0.05) is 18.1 Å². The summed E-state index contributed by atoms with van der Waals surface area (Å²) >= 11 is 0. The zero-order valence-electron chi connectivity index (χ0n) is 12.2. The molecule has 1 heterocycles. The minimum atomic E-state index is -0.804. The van der Waals surface area contributed by atoms with Gasteiger partial charge in [0.05, 0.1) is 5.69 Å². The van der Waals surface area contributed by atoms with Gasteiger partial charge in [-0.05, 0) is 43.2 Å². The van der Waals surface area contributed by atoms with E-state index in [0.29, 0.717) is 18.0 Å². The molecule has 1 aromatic rings. The molecule has 4 nitrogen and oxygen atoms in total. The summed E-state index contributed by atoms with van der Waals surface area (Å²) in [5.74, 6) is 0.427. The van der Waals surface area contributed by atoms with Crippen LogP contribution in [-0.4, -0.2) is 23.3 Å². The summed E-state index contributed by atoms with van der Waals surface area (Å²) in [5.41, 5.74) is 2.07. The van der Waals surface area contributed by atoms with Gasteiger partial charge in [-0.25, -0.2) is 4.79 Å². The molecule has 0 saturated heterocycles. The number of hydrogen-bond acceptors (Lipinski definition) is 2. The molecule has 2 fully saturated rings. The van der Waals surface area contributed by atoms with Crippen LogP contribution in [-0.2, 0) is 0 Å². The normalized spacial score (nSPS) is 31.4. The van der Waals surface area contributed by atoms with Crippen LogP contribution in [0.25, 0.3) is 0 Å². The zero-order chi connectivity index (χ0) is 14.4. The van der Waals surface area contributed by atoms with E-state index >= 15 is 0 Å². The molecule has 3 aliphatic rings. The molecule has 0 bridgehead atoms. The SMILES string of the molecule is O=C(O)N1c2ccccc2[C@H](NC2CCC2)[C@H]2CCC[C@H]21. The summed E-state index contributed by atoms with van der Waals surface area (Å²) in [5, 5.41) is 13.5. The summed E-state index contributed by atoms with van der Waals surface area (Å²) in [6.45, 7) is 0. The van der Waals surface area contributed by atoms with Gasteiger partial charge < -0.3 is 10.4 Å². The van der Waals surface area contributed by atoms with Crippen LogP contribution in [0.5, 0.6) is 0 Å². The Hall–Kier alpha value is -1.55. The second kappa shape index (κ2) is 5.02. The fraction of sp³-hybridized carbons (Fsp3) is 0.588. The molecule has 0 spiro atoms. The van der Waals surface area contributed by atoms with E-state index in [1.54, 1.807) is 4.90 Å². The Morgan fingerprint density at radius 1 is 1.14 bits per heavy atom. The van der Waals surface area contributed by atoms with E-state index in [4.69, 9.17) is 0 Å². The Morgan fingerprint density at radius 3 is 2.62 bits per heavy atom. The average Bonchev–Trinajstić information content (AvgIpc) is 2.89. The number of para-hydroxylation sites is 1.